The lowest BCUT2D eigenvalue weighted by Crippen LogP contribution is -2.00. The molecule has 0 amide bonds. The lowest BCUT2D eigenvalue weighted by molar-refractivity contribution is 1.02. The van der Waals surface area contributed by atoms with E-state index in [0.29, 0.717) is 16.6 Å². The van der Waals surface area contributed by atoms with Crippen LogP contribution in [0, 0.1) is 0 Å². The fourth-order valence-corrected chi connectivity index (χ4v) is 3.68. The average Bonchev–Trinajstić information content (AvgIpc) is 2.51. The Kier molecular flexibility index (Phi) is 4.36. The van der Waals surface area contributed by atoms with Gasteiger partial charge in [-0.1, -0.05) is 53.2 Å². The highest BCUT2D eigenvalue weighted by Crippen LogP contribution is 2.39. The van der Waals surface area contributed by atoms with Crippen LogP contribution in [0.3, 0.4) is 0 Å². The maximum Gasteiger partial charge on any atom is 0.0713 e. The molecule has 0 fully saturated rings. The normalized spacial score (nSPS) is 11.0. The second kappa shape index (κ2) is 6.24. The number of halogens is 2. The molecule has 2 aromatic carbocycles. The molecule has 0 aliphatic rings. The summed E-state index contributed by atoms with van der Waals surface area (Å²) in [5.41, 5.74) is 7.79. The topological polar surface area (TPSA) is 38.9 Å². The fraction of sp³-hybridized carbons (Fsp3) is 0.0625. The second-order valence-corrected chi connectivity index (χ2v) is 6.41. The molecule has 5 heteroatoms. The maximum atomic E-state index is 6.27. The molecule has 0 unspecified atom stereocenters. The molecule has 3 rings (SSSR count). The molecule has 0 saturated heterocycles. The summed E-state index contributed by atoms with van der Waals surface area (Å²) in [7, 11) is 0. The van der Waals surface area contributed by atoms with Gasteiger partial charge in [0, 0.05) is 32.9 Å². The second-order valence-electron chi connectivity index (χ2n) is 4.51. The van der Waals surface area contributed by atoms with E-state index < -0.39 is 0 Å². The molecular formula is C16H12Cl2N2S. The highest BCUT2D eigenvalue weighted by molar-refractivity contribution is 7.99. The van der Waals surface area contributed by atoms with Gasteiger partial charge in [-0.05, 0) is 29.8 Å². The van der Waals surface area contributed by atoms with Gasteiger partial charge in [0.05, 0.1) is 10.5 Å². The Morgan fingerprint density at radius 2 is 1.90 bits per heavy atom. The van der Waals surface area contributed by atoms with Crippen molar-refractivity contribution in [3.8, 4) is 0 Å². The largest absolute Gasteiger partial charge is 0.326 e. The summed E-state index contributed by atoms with van der Waals surface area (Å²) in [6.07, 6.45) is 1.82. The van der Waals surface area contributed by atoms with E-state index in [9.17, 15) is 0 Å². The van der Waals surface area contributed by atoms with Crippen molar-refractivity contribution in [3.05, 3.63) is 64.3 Å². The molecule has 21 heavy (non-hydrogen) atoms. The molecule has 2 nitrogen and oxygen atoms in total. The van der Waals surface area contributed by atoms with Gasteiger partial charge >= 0.3 is 0 Å². The molecule has 0 aliphatic carbocycles. The molecule has 0 spiro atoms. The number of nitrogens with zero attached hydrogens (tertiary/aromatic N) is 1. The zero-order valence-corrected chi connectivity index (χ0v) is 13.3. The van der Waals surface area contributed by atoms with Crippen molar-refractivity contribution in [3.63, 3.8) is 0 Å². The van der Waals surface area contributed by atoms with Gasteiger partial charge in [0.15, 0.2) is 0 Å². The van der Waals surface area contributed by atoms with E-state index in [4.69, 9.17) is 28.9 Å². The average molecular weight is 335 g/mol. The Hall–Kier alpha value is -1.26. The van der Waals surface area contributed by atoms with Crippen LogP contribution in [-0.2, 0) is 6.54 Å². The number of benzene rings is 2. The van der Waals surface area contributed by atoms with E-state index in [1.165, 1.54) is 0 Å². The SMILES string of the molecule is NCc1cnc2ccccc2c1Sc1cc(Cl)ccc1Cl. The van der Waals surface area contributed by atoms with Crippen LogP contribution in [-0.4, -0.2) is 4.98 Å². The number of pyridine rings is 1. The van der Waals surface area contributed by atoms with Crippen LogP contribution in [0.15, 0.2) is 58.5 Å². The Labute approximate surface area is 137 Å². The van der Waals surface area contributed by atoms with Crippen molar-refractivity contribution < 1.29 is 0 Å². The van der Waals surface area contributed by atoms with Crippen molar-refractivity contribution >= 4 is 45.9 Å². The molecule has 2 N–H and O–H groups in total. The number of hydrogen-bond acceptors (Lipinski definition) is 3. The quantitative estimate of drug-likeness (QED) is 0.719. The van der Waals surface area contributed by atoms with Gasteiger partial charge in [-0.25, -0.2) is 0 Å². The monoisotopic (exact) mass is 334 g/mol. The van der Waals surface area contributed by atoms with Gasteiger partial charge in [0.2, 0.25) is 0 Å². The standard InChI is InChI=1S/C16H12Cl2N2S/c17-11-5-6-13(18)15(7-11)21-16-10(8-19)9-20-14-4-2-1-3-12(14)16/h1-7,9H,8,19H2. The minimum absolute atomic E-state index is 0.429. The van der Waals surface area contributed by atoms with Gasteiger partial charge in [-0.3, -0.25) is 4.98 Å². The van der Waals surface area contributed by atoms with E-state index in [2.05, 4.69) is 4.98 Å². The molecule has 106 valence electrons. The number of rotatable bonds is 3. The van der Waals surface area contributed by atoms with E-state index >= 15 is 0 Å². The van der Waals surface area contributed by atoms with Crippen LogP contribution in [0.4, 0.5) is 0 Å². The third-order valence-corrected chi connectivity index (χ3v) is 5.05. The maximum absolute atomic E-state index is 6.27. The van der Waals surface area contributed by atoms with Crippen molar-refractivity contribution in [2.45, 2.75) is 16.3 Å². The lowest BCUT2D eigenvalue weighted by Gasteiger charge is -2.12. The van der Waals surface area contributed by atoms with Crippen molar-refractivity contribution in [2.75, 3.05) is 0 Å². The van der Waals surface area contributed by atoms with Gasteiger partial charge in [-0.15, -0.1) is 0 Å². The Morgan fingerprint density at radius 1 is 1.10 bits per heavy atom. The van der Waals surface area contributed by atoms with E-state index in [-0.39, 0.29) is 0 Å². The molecule has 0 aliphatic heterocycles. The number of aromatic nitrogens is 1. The molecule has 3 aromatic rings. The first kappa shape index (κ1) is 14.7. The minimum Gasteiger partial charge on any atom is -0.326 e. The van der Waals surface area contributed by atoms with Gasteiger partial charge in [-0.2, -0.15) is 0 Å². The first-order valence-corrected chi connectivity index (χ1v) is 7.96. The molecule has 1 aromatic heterocycles. The van der Waals surface area contributed by atoms with Crippen LogP contribution in [0.1, 0.15) is 5.56 Å². The van der Waals surface area contributed by atoms with E-state index in [0.717, 1.165) is 26.3 Å². The first-order chi connectivity index (χ1) is 10.2. The number of nitrogens with two attached hydrogens (primary N) is 1. The van der Waals surface area contributed by atoms with Gasteiger partial charge in [0.1, 0.15) is 0 Å². The minimum atomic E-state index is 0.429. The third-order valence-electron chi connectivity index (χ3n) is 3.12. The smallest absolute Gasteiger partial charge is 0.0713 e. The number of hydrogen-bond donors (Lipinski definition) is 1. The summed E-state index contributed by atoms with van der Waals surface area (Å²) in [5, 5.41) is 2.41. The van der Waals surface area contributed by atoms with Crippen LogP contribution < -0.4 is 5.73 Å². The Bertz CT molecular complexity index is 805. The molecule has 0 saturated carbocycles. The fourth-order valence-electron chi connectivity index (χ4n) is 2.09. The molecule has 0 atom stereocenters. The molecule has 0 bridgehead atoms. The van der Waals surface area contributed by atoms with Crippen LogP contribution in [0.2, 0.25) is 10.0 Å². The lowest BCUT2D eigenvalue weighted by atomic mass is 10.1. The highest BCUT2D eigenvalue weighted by atomic mass is 35.5. The summed E-state index contributed by atoms with van der Waals surface area (Å²) < 4.78 is 0. The Morgan fingerprint density at radius 3 is 2.71 bits per heavy atom. The van der Waals surface area contributed by atoms with Gasteiger partial charge < -0.3 is 5.73 Å². The van der Waals surface area contributed by atoms with Crippen molar-refractivity contribution in [2.24, 2.45) is 5.73 Å². The van der Waals surface area contributed by atoms with E-state index in [1.54, 1.807) is 23.9 Å². The van der Waals surface area contributed by atoms with Crippen LogP contribution >= 0.6 is 35.0 Å². The zero-order valence-electron chi connectivity index (χ0n) is 11.0. The first-order valence-electron chi connectivity index (χ1n) is 6.38. The summed E-state index contributed by atoms with van der Waals surface area (Å²) >= 11 is 13.9. The summed E-state index contributed by atoms with van der Waals surface area (Å²) in [6, 6.07) is 13.4. The van der Waals surface area contributed by atoms with Crippen molar-refractivity contribution in [1.82, 2.24) is 4.98 Å². The number of fused-ring (bicyclic) bond motifs is 1. The predicted octanol–water partition coefficient (Wildman–Crippen LogP) is 5.15. The summed E-state index contributed by atoms with van der Waals surface area (Å²) in [5.74, 6) is 0. The highest BCUT2D eigenvalue weighted by Gasteiger charge is 2.11. The summed E-state index contributed by atoms with van der Waals surface area (Å²) in [6.45, 7) is 0.429. The molecular weight excluding hydrogens is 323 g/mol. The number of para-hydroxylation sites is 1. The van der Waals surface area contributed by atoms with Crippen LogP contribution in [0.5, 0.6) is 0 Å². The zero-order chi connectivity index (χ0) is 14.8. The molecule has 1 heterocycles. The van der Waals surface area contributed by atoms with Crippen molar-refractivity contribution in [1.29, 1.82) is 0 Å². The summed E-state index contributed by atoms with van der Waals surface area (Å²) in [4.78, 5) is 6.43. The Balaban J connectivity index is 2.16. The van der Waals surface area contributed by atoms with Gasteiger partial charge in [0.25, 0.3) is 0 Å². The predicted molar refractivity (Wildman–Crippen MR) is 90.2 cm³/mol. The van der Waals surface area contributed by atoms with E-state index in [1.807, 2.05) is 36.5 Å². The van der Waals surface area contributed by atoms with Crippen LogP contribution in [0.25, 0.3) is 10.9 Å². The third kappa shape index (κ3) is 3.01. The molecule has 0 radical (unpaired) electrons.